The first-order valence-corrected chi connectivity index (χ1v) is 9.49. The molecule has 0 bridgehead atoms. The molecule has 0 unspecified atom stereocenters. The lowest BCUT2D eigenvalue weighted by Gasteiger charge is -2.19. The van der Waals surface area contributed by atoms with E-state index in [1.807, 2.05) is 40.8 Å². The molecule has 0 aliphatic carbocycles. The van der Waals surface area contributed by atoms with E-state index in [-0.39, 0.29) is 17.9 Å². The molecule has 0 fully saturated rings. The van der Waals surface area contributed by atoms with Crippen molar-refractivity contribution in [2.45, 2.75) is 26.2 Å². The summed E-state index contributed by atoms with van der Waals surface area (Å²) in [6, 6.07) is 14.3. The van der Waals surface area contributed by atoms with Crippen molar-refractivity contribution in [3.8, 4) is 0 Å². The molecule has 0 aromatic heterocycles. The zero-order chi connectivity index (χ0) is 20.0. The maximum absolute atomic E-state index is 12.1. The van der Waals surface area contributed by atoms with Crippen molar-refractivity contribution in [1.29, 1.82) is 0 Å². The Kier molecular flexibility index (Phi) is 6.95. The Hall–Kier alpha value is -2.42. The third-order valence-corrected chi connectivity index (χ3v) is 4.80. The third kappa shape index (κ3) is 6.06. The fourth-order valence-electron chi connectivity index (χ4n) is 2.27. The van der Waals surface area contributed by atoms with Crippen LogP contribution in [0.1, 0.15) is 47.1 Å². The van der Waals surface area contributed by atoms with E-state index in [2.05, 4.69) is 36.9 Å². The fraction of sp³-hybridized carbons (Fsp3) is 0.250. The van der Waals surface area contributed by atoms with E-state index in [0.717, 1.165) is 9.13 Å². The number of hydrazine groups is 1. The van der Waals surface area contributed by atoms with Crippen LogP contribution in [0.4, 0.5) is 0 Å². The minimum atomic E-state index is -0.519. The molecule has 0 heterocycles. The summed E-state index contributed by atoms with van der Waals surface area (Å²) < 4.78 is 0.772. The number of nitrogens with one attached hydrogen (secondary N) is 3. The minimum Gasteiger partial charge on any atom is -0.343 e. The molecule has 0 radical (unpaired) electrons. The lowest BCUT2D eigenvalue weighted by atomic mass is 9.87. The van der Waals surface area contributed by atoms with E-state index in [4.69, 9.17) is 0 Å². The van der Waals surface area contributed by atoms with Crippen LogP contribution in [0.3, 0.4) is 0 Å². The van der Waals surface area contributed by atoms with Crippen molar-refractivity contribution in [1.82, 2.24) is 16.2 Å². The molecule has 2 rings (SSSR count). The molecule has 3 amide bonds. The van der Waals surface area contributed by atoms with Crippen molar-refractivity contribution in [2.24, 2.45) is 0 Å². The highest BCUT2D eigenvalue weighted by molar-refractivity contribution is 14.1. The van der Waals surface area contributed by atoms with Gasteiger partial charge in [0.25, 0.3) is 17.7 Å². The number of benzene rings is 2. The molecule has 3 N–H and O–H groups in total. The van der Waals surface area contributed by atoms with Gasteiger partial charge in [-0.05, 0) is 57.8 Å². The molecule has 27 heavy (non-hydrogen) atoms. The summed E-state index contributed by atoms with van der Waals surface area (Å²) in [5, 5.41) is 2.53. The zero-order valence-corrected chi connectivity index (χ0v) is 17.6. The van der Waals surface area contributed by atoms with Crippen molar-refractivity contribution < 1.29 is 14.4 Å². The van der Waals surface area contributed by atoms with Crippen LogP contribution in [0.2, 0.25) is 0 Å². The van der Waals surface area contributed by atoms with Gasteiger partial charge in [-0.1, -0.05) is 45.0 Å². The molecule has 0 aliphatic rings. The molecule has 2 aromatic carbocycles. The van der Waals surface area contributed by atoms with Gasteiger partial charge < -0.3 is 5.32 Å². The maximum atomic E-state index is 12.1. The van der Waals surface area contributed by atoms with Crippen molar-refractivity contribution in [3.05, 3.63) is 68.8 Å². The molecule has 6 nitrogen and oxygen atoms in total. The molecule has 0 spiro atoms. The Bertz CT molecular complexity index is 842. The Morgan fingerprint density at radius 3 is 2.11 bits per heavy atom. The SMILES string of the molecule is CC(C)(C)c1ccc(C(=O)NCC(=O)NNC(=O)c2ccccc2I)cc1. The second-order valence-electron chi connectivity index (χ2n) is 6.99. The zero-order valence-electron chi connectivity index (χ0n) is 15.4. The first-order chi connectivity index (χ1) is 12.7. The molecule has 7 heteroatoms. The lowest BCUT2D eigenvalue weighted by Crippen LogP contribution is -2.46. The van der Waals surface area contributed by atoms with Gasteiger partial charge in [-0.2, -0.15) is 0 Å². The first kappa shape index (κ1) is 20.9. The van der Waals surface area contributed by atoms with E-state index < -0.39 is 11.8 Å². The van der Waals surface area contributed by atoms with Crippen molar-refractivity contribution >= 4 is 40.3 Å². The number of halogens is 1. The average molecular weight is 479 g/mol. The summed E-state index contributed by atoms with van der Waals surface area (Å²) in [4.78, 5) is 36.0. The molecule has 142 valence electrons. The van der Waals surface area contributed by atoms with Gasteiger partial charge in [-0.25, -0.2) is 0 Å². The Morgan fingerprint density at radius 1 is 0.889 bits per heavy atom. The van der Waals surface area contributed by atoms with Gasteiger partial charge in [0, 0.05) is 9.13 Å². The summed E-state index contributed by atoms with van der Waals surface area (Å²) in [5.41, 5.74) is 6.67. The molecular weight excluding hydrogens is 457 g/mol. The highest BCUT2D eigenvalue weighted by Crippen LogP contribution is 2.22. The number of rotatable bonds is 4. The second kappa shape index (κ2) is 8.98. The highest BCUT2D eigenvalue weighted by atomic mass is 127. The summed E-state index contributed by atoms with van der Waals surface area (Å²) >= 11 is 2.04. The van der Waals surface area contributed by atoms with Crippen LogP contribution in [0.25, 0.3) is 0 Å². The predicted octanol–water partition coefficient (Wildman–Crippen LogP) is 2.78. The largest absolute Gasteiger partial charge is 0.343 e. The average Bonchev–Trinajstić information content (AvgIpc) is 2.64. The fourth-order valence-corrected chi connectivity index (χ4v) is 2.90. The van der Waals surface area contributed by atoms with Crippen molar-refractivity contribution in [2.75, 3.05) is 6.54 Å². The molecule has 0 saturated carbocycles. The van der Waals surface area contributed by atoms with E-state index in [1.165, 1.54) is 0 Å². The van der Waals surface area contributed by atoms with Gasteiger partial charge >= 0.3 is 0 Å². The van der Waals surface area contributed by atoms with Crippen LogP contribution in [-0.4, -0.2) is 24.3 Å². The monoisotopic (exact) mass is 479 g/mol. The number of hydrogen-bond donors (Lipinski definition) is 3. The summed E-state index contributed by atoms with van der Waals surface area (Å²) in [5.74, 6) is -1.29. The molecule has 0 atom stereocenters. The molecular formula is C20H22IN3O3. The van der Waals surface area contributed by atoms with E-state index >= 15 is 0 Å². The number of hydrogen-bond acceptors (Lipinski definition) is 3. The minimum absolute atomic E-state index is 0.00364. The van der Waals surface area contributed by atoms with Crippen molar-refractivity contribution in [3.63, 3.8) is 0 Å². The third-order valence-electron chi connectivity index (χ3n) is 3.86. The van der Waals surface area contributed by atoms with Gasteiger partial charge in [-0.3, -0.25) is 25.2 Å². The van der Waals surface area contributed by atoms with Crippen LogP contribution < -0.4 is 16.2 Å². The van der Waals surface area contributed by atoms with Crippen LogP contribution in [0.5, 0.6) is 0 Å². The summed E-state index contributed by atoms with van der Waals surface area (Å²) in [6.07, 6.45) is 0. The standard InChI is InChI=1S/C20H22IN3O3/c1-20(2,3)14-10-8-13(9-11-14)18(26)22-12-17(25)23-24-19(27)15-6-4-5-7-16(15)21/h4-11H,12H2,1-3H3,(H,22,26)(H,23,25)(H,24,27). The molecule has 0 aliphatic heterocycles. The first-order valence-electron chi connectivity index (χ1n) is 8.41. The second-order valence-corrected chi connectivity index (χ2v) is 8.15. The normalized spacial score (nSPS) is 10.8. The summed E-state index contributed by atoms with van der Waals surface area (Å²) in [7, 11) is 0. The van der Waals surface area contributed by atoms with E-state index in [1.54, 1.807) is 30.3 Å². The van der Waals surface area contributed by atoms with E-state index in [0.29, 0.717) is 11.1 Å². The maximum Gasteiger partial charge on any atom is 0.270 e. The molecule has 2 aromatic rings. The Morgan fingerprint density at radius 2 is 1.52 bits per heavy atom. The lowest BCUT2D eigenvalue weighted by molar-refractivity contribution is -0.120. The quantitative estimate of drug-likeness (QED) is 0.466. The summed E-state index contributed by atoms with van der Waals surface area (Å²) in [6.45, 7) is 6.04. The number of amides is 3. The van der Waals surface area contributed by atoms with Gasteiger partial charge in [0.2, 0.25) is 0 Å². The number of carbonyl (C=O) groups excluding carboxylic acids is 3. The van der Waals surface area contributed by atoms with Crippen LogP contribution in [0, 0.1) is 3.57 Å². The molecule has 0 saturated heterocycles. The van der Waals surface area contributed by atoms with Gasteiger partial charge in [0.15, 0.2) is 0 Å². The van der Waals surface area contributed by atoms with Gasteiger partial charge in [0.05, 0.1) is 12.1 Å². The van der Waals surface area contributed by atoms with Crippen LogP contribution >= 0.6 is 22.6 Å². The van der Waals surface area contributed by atoms with Gasteiger partial charge in [-0.15, -0.1) is 0 Å². The smallest absolute Gasteiger partial charge is 0.270 e. The Labute approximate surface area is 172 Å². The number of carbonyl (C=O) groups is 3. The van der Waals surface area contributed by atoms with Crippen LogP contribution in [0.15, 0.2) is 48.5 Å². The predicted molar refractivity (Wildman–Crippen MR) is 112 cm³/mol. The van der Waals surface area contributed by atoms with Gasteiger partial charge in [0.1, 0.15) is 0 Å². The topological polar surface area (TPSA) is 87.3 Å². The van der Waals surface area contributed by atoms with E-state index in [9.17, 15) is 14.4 Å². The highest BCUT2D eigenvalue weighted by Gasteiger charge is 2.15. The Balaban J connectivity index is 1.82. The van der Waals surface area contributed by atoms with Crippen LogP contribution in [-0.2, 0) is 10.2 Å².